The molecule has 0 atom stereocenters. The maximum atomic E-state index is 5.91. The van der Waals surface area contributed by atoms with Crippen LogP contribution in [0.15, 0.2) is 18.2 Å². The van der Waals surface area contributed by atoms with E-state index >= 15 is 0 Å². The Morgan fingerprint density at radius 2 is 2.22 bits per heavy atom. The van der Waals surface area contributed by atoms with E-state index in [0.717, 1.165) is 30.3 Å². The van der Waals surface area contributed by atoms with Crippen LogP contribution in [0.5, 0.6) is 0 Å². The van der Waals surface area contributed by atoms with Crippen LogP contribution in [0.3, 0.4) is 0 Å². The average Bonchev–Trinajstić information content (AvgIpc) is 3.08. The zero-order valence-corrected chi connectivity index (χ0v) is 10.6. The third kappa shape index (κ3) is 2.31. The van der Waals surface area contributed by atoms with Gasteiger partial charge in [-0.15, -0.1) is 5.10 Å². The van der Waals surface area contributed by atoms with Crippen molar-refractivity contribution in [3.05, 3.63) is 23.2 Å². The topological polar surface area (TPSA) is 69.6 Å². The minimum atomic E-state index is 0.547. The summed E-state index contributed by atoms with van der Waals surface area (Å²) in [7, 11) is 0. The van der Waals surface area contributed by atoms with Crippen molar-refractivity contribution in [1.82, 2.24) is 20.2 Å². The highest BCUT2D eigenvalue weighted by molar-refractivity contribution is 6.33. The van der Waals surface area contributed by atoms with Crippen molar-refractivity contribution in [3.63, 3.8) is 0 Å². The number of hydrogen-bond donors (Lipinski definition) is 1. The molecule has 94 valence electrons. The van der Waals surface area contributed by atoms with Gasteiger partial charge < -0.3 is 5.73 Å². The highest BCUT2D eigenvalue weighted by atomic mass is 35.5. The number of nitrogens with two attached hydrogens (primary N) is 1. The number of aromatic nitrogens is 4. The minimum absolute atomic E-state index is 0.547. The van der Waals surface area contributed by atoms with Gasteiger partial charge in [-0.05, 0) is 41.0 Å². The van der Waals surface area contributed by atoms with Crippen molar-refractivity contribution in [2.45, 2.75) is 25.8 Å². The summed E-state index contributed by atoms with van der Waals surface area (Å²) in [5, 5.41) is 12.4. The van der Waals surface area contributed by atoms with Crippen LogP contribution >= 0.6 is 11.6 Å². The molecular weight excluding hydrogens is 250 g/mol. The van der Waals surface area contributed by atoms with Crippen molar-refractivity contribution in [2.24, 2.45) is 5.92 Å². The number of nitrogens with zero attached hydrogens (tertiary/aromatic N) is 4. The van der Waals surface area contributed by atoms with Crippen LogP contribution in [-0.2, 0) is 6.54 Å². The first-order valence-corrected chi connectivity index (χ1v) is 6.43. The van der Waals surface area contributed by atoms with Gasteiger partial charge in [0, 0.05) is 12.1 Å². The van der Waals surface area contributed by atoms with E-state index in [9.17, 15) is 0 Å². The Morgan fingerprint density at radius 3 is 2.94 bits per heavy atom. The molecular formula is C12H14ClN5. The van der Waals surface area contributed by atoms with Gasteiger partial charge in [0.1, 0.15) is 0 Å². The van der Waals surface area contributed by atoms with Gasteiger partial charge in [0.2, 0.25) is 0 Å². The van der Waals surface area contributed by atoms with Gasteiger partial charge in [-0.3, -0.25) is 0 Å². The fourth-order valence-corrected chi connectivity index (χ4v) is 2.07. The normalized spacial score (nSPS) is 14.9. The van der Waals surface area contributed by atoms with E-state index < -0.39 is 0 Å². The number of benzene rings is 1. The number of nitrogen functional groups attached to an aromatic ring is 1. The maximum Gasteiger partial charge on any atom is 0.182 e. The standard InChI is InChI=1S/C12H14ClN5/c13-10-4-3-9(7-11(10)14)12-15-16-17-18(12)6-5-8-1-2-8/h3-4,7-8H,1-2,5-6,14H2. The van der Waals surface area contributed by atoms with Gasteiger partial charge in [-0.2, -0.15) is 0 Å². The molecule has 2 N–H and O–H groups in total. The predicted octanol–water partition coefficient (Wildman–Crippen LogP) is 2.38. The molecule has 2 aromatic rings. The molecule has 0 saturated heterocycles. The molecule has 3 rings (SSSR count). The van der Waals surface area contributed by atoms with E-state index in [2.05, 4.69) is 15.5 Å². The Morgan fingerprint density at radius 1 is 1.39 bits per heavy atom. The molecule has 1 aliphatic carbocycles. The first-order valence-electron chi connectivity index (χ1n) is 6.05. The lowest BCUT2D eigenvalue weighted by atomic mass is 10.2. The number of halogens is 1. The molecule has 1 aliphatic rings. The van der Waals surface area contributed by atoms with Crippen LogP contribution in [0.4, 0.5) is 5.69 Å². The summed E-state index contributed by atoms with van der Waals surface area (Å²) in [5.41, 5.74) is 7.25. The first-order chi connectivity index (χ1) is 8.74. The summed E-state index contributed by atoms with van der Waals surface area (Å²) < 4.78 is 1.83. The van der Waals surface area contributed by atoms with Crippen LogP contribution in [0.1, 0.15) is 19.3 Å². The maximum absolute atomic E-state index is 5.91. The highest BCUT2D eigenvalue weighted by Crippen LogP contribution is 2.33. The molecule has 1 aromatic heterocycles. The molecule has 0 aliphatic heterocycles. The van der Waals surface area contributed by atoms with Gasteiger partial charge in [-0.25, -0.2) is 4.68 Å². The van der Waals surface area contributed by atoms with Gasteiger partial charge in [0.05, 0.1) is 10.7 Å². The SMILES string of the molecule is Nc1cc(-c2nnnn2CCC2CC2)ccc1Cl. The fraction of sp³-hybridized carbons (Fsp3) is 0.417. The fourth-order valence-electron chi connectivity index (χ4n) is 1.96. The summed E-state index contributed by atoms with van der Waals surface area (Å²) in [6.45, 7) is 0.857. The molecule has 0 amide bonds. The van der Waals surface area contributed by atoms with E-state index in [1.165, 1.54) is 12.8 Å². The quantitative estimate of drug-likeness (QED) is 0.860. The number of tetrazole rings is 1. The van der Waals surface area contributed by atoms with Crippen molar-refractivity contribution < 1.29 is 0 Å². The molecule has 5 nitrogen and oxygen atoms in total. The van der Waals surface area contributed by atoms with Gasteiger partial charge >= 0.3 is 0 Å². The highest BCUT2D eigenvalue weighted by Gasteiger charge is 2.21. The molecule has 1 heterocycles. The molecule has 1 aromatic carbocycles. The van der Waals surface area contributed by atoms with Crippen molar-refractivity contribution in [3.8, 4) is 11.4 Å². The van der Waals surface area contributed by atoms with Crippen molar-refractivity contribution >= 4 is 17.3 Å². The molecule has 0 spiro atoms. The smallest absolute Gasteiger partial charge is 0.182 e. The summed E-state index contributed by atoms with van der Waals surface area (Å²) in [5.74, 6) is 1.61. The van der Waals surface area contributed by atoms with Crippen LogP contribution < -0.4 is 5.73 Å². The number of rotatable bonds is 4. The van der Waals surface area contributed by atoms with Crippen LogP contribution in [-0.4, -0.2) is 20.2 Å². The summed E-state index contributed by atoms with van der Waals surface area (Å²) in [6.07, 6.45) is 3.82. The Kier molecular flexibility index (Phi) is 2.91. The van der Waals surface area contributed by atoms with Gasteiger partial charge in [0.25, 0.3) is 0 Å². The Bertz CT molecular complexity index is 561. The van der Waals surface area contributed by atoms with E-state index in [0.29, 0.717) is 10.7 Å². The van der Waals surface area contributed by atoms with Crippen molar-refractivity contribution in [2.75, 3.05) is 5.73 Å². The van der Waals surface area contributed by atoms with Crippen LogP contribution in [0.25, 0.3) is 11.4 Å². The van der Waals surface area contributed by atoms with Crippen LogP contribution in [0.2, 0.25) is 5.02 Å². The largest absolute Gasteiger partial charge is 0.398 e. The third-order valence-electron chi connectivity index (χ3n) is 3.23. The van der Waals surface area contributed by atoms with Gasteiger partial charge in [-0.1, -0.05) is 24.4 Å². The molecule has 1 fully saturated rings. The van der Waals surface area contributed by atoms with E-state index in [1.54, 1.807) is 6.07 Å². The van der Waals surface area contributed by atoms with Crippen molar-refractivity contribution in [1.29, 1.82) is 0 Å². The molecule has 0 radical (unpaired) electrons. The average molecular weight is 264 g/mol. The van der Waals surface area contributed by atoms with E-state index in [1.807, 2.05) is 16.8 Å². The van der Waals surface area contributed by atoms with Gasteiger partial charge in [0.15, 0.2) is 5.82 Å². The second-order valence-corrected chi connectivity index (χ2v) is 5.10. The molecule has 0 unspecified atom stereocenters. The lowest BCUT2D eigenvalue weighted by molar-refractivity contribution is 0.535. The number of anilines is 1. The molecule has 6 heteroatoms. The second kappa shape index (κ2) is 4.57. The Balaban J connectivity index is 1.85. The number of hydrogen-bond acceptors (Lipinski definition) is 4. The lowest BCUT2D eigenvalue weighted by Gasteiger charge is -2.05. The Hall–Kier alpha value is -1.62. The Labute approximate surface area is 110 Å². The minimum Gasteiger partial charge on any atom is -0.398 e. The summed E-state index contributed by atoms with van der Waals surface area (Å²) in [4.78, 5) is 0. The molecule has 1 saturated carbocycles. The zero-order valence-electron chi connectivity index (χ0n) is 9.88. The lowest BCUT2D eigenvalue weighted by Crippen LogP contribution is -2.04. The van der Waals surface area contributed by atoms with E-state index in [-0.39, 0.29) is 0 Å². The zero-order chi connectivity index (χ0) is 12.5. The molecule has 0 bridgehead atoms. The third-order valence-corrected chi connectivity index (χ3v) is 3.58. The number of aryl methyl sites for hydroxylation is 1. The summed E-state index contributed by atoms with van der Waals surface area (Å²) in [6, 6.07) is 5.46. The first kappa shape index (κ1) is 11.5. The van der Waals surface area contributed by atoms with Crippen LogP contribution in [0, 0.1) is 5.92 Å². The second-order valence-electron chi connectivity index (χ2n) is 4.69. The molecule has 18 heavy (non-hydrogen) atoms. The summed E-state index contributed by atoms with van der Waals surface area (Å²) >= 11 is 5.91. The monoisotopic (exact) mass is 263 g/mol. The predicted molar refractivity (Wildman–Crippen MR) is 70.0 cm³/mol. The van der Waals surface area contributed by atoms with E-state index in [4.69, 9.17) is 17.3 Å².